The Balaban J connectivity index is 1.67. The fourth-order valence-electron chi connectivity index (χ4n) is 2.71. The van der Waals surface area contributed by atoms with Gasteiger partial charge in [-0.05, 0) is 25.5 Å². The van der Waals surface area contributed by atoms with Crippen LogP contribution in [0.15, 0.2) is 41.2 Å². The van der Waals surface area contributed by atoms with Crippen molar-refractivity contribution < 1.29 is 13.2 Å². The molecule has 3 aromatic rings. The molecule has 0 aliphatic rings. The first-order valence-corrected chi connectivity index (χ1v) is 8.72. The minimum absolute atomic E-state index is 0.190. The summed E-state index contributed by atoms with van der Waals surface area (Å²) in [7, 11) is 0. The second-order valence-electron chi connectivity index (χ2n) is 6.57. The van der Waals surface area contributed by atoms with E-state index in [2.05, 4.69) is 20.4 Å². The van der Waals surface area contributed by atoms with Crippen LogP contribution < -0.4 is 10.9 Å². The van der Waals surface area contributed by atoms with Gasteiger partial charge in [0.15, 0.2) is 5.69 Å². The van der Waals surface area contributed by atoms with Crippen molar-refractivity contribution in [2.75, 3.05) is 5.32 Å². The first kappa shape index (κ1) is 19.7. The molecule has 0 spiro atoms. The number of alkyl halides is 3. The van der Waals surface area contributed by atoms with Crippen LogP contribution in [0, 0.1) is 13.8 Å². The lowest BCUT2D eigenvalue weighted by Gasteiger charge is -2.08. The maximum Gasteiger partial charge on any atom is 0.435 e. The number of H-pyrrole nitrogens is 1. The van der Waals surface area contributed by atoms with Gasteiger partial charge in [0.2, 0.25) is 5.95 Å². The third kappa shape index (κ3) is 4.99. The summed E-state index contributed by atoms with van der Waals surface area (Å²) in [4.78, 5) is 18.8. The van der Waals surface area contributed by atoms with Gasteiger partial charge in [-0.1, -0.05) is 29.8 Å². The number of nitrogens with one attached hydrogen (secondary N) is 2. The quantitative estimate of drug-likeness (QED) is 0.675. The summed E-state index contributed by atoms with van der Waals surface area (Å²) < 4.78 is 39.5. The van der Waals surface area contributed by atoms with Crippen LogP contribution in [0.2, 0.25) is 0 Å². The summed E-state index contributed by atoms with van der Waals surface area (Å²) in [5.41, 5.74) is 1.80. The molecule has 0 unspecified atom stereocenters. The van der Waals surface area contributed by atoms with Gasteiger partial charge in [-0.25, -0.2) is 4.98 Å². The van der Waals surface area contributed by atoms with Crippen molar-refractivity contribution in [1.82, 2.24) is 19.7 Å². The Kier molecular flexibility index (Phi) is 5.53. The number of halogens is 3. The van der Waals surface area contributed by atoms with Crippen LogP contribution in [0.4, 0.5) is 19.1 Å². The van der Waals surface area contributed by atoms with Gasteiger partial charge >= 0.3 is 6.18 Å². The minimum atomic E-state index is -4.48. The molecule has 0 radical (unpaired) electrons. The van der Waals surface area contributed by atoms with E-state index in [1.807, 2.05) is 31.2 Å². The highest BCUT2D eigenvalue weighted by Gasteiger charge is 2.34. The molecule has 0 saturated carbocycles. The van der Waals surface area contributed by atoms with Gasteiger partial charge < -0.3 is 5.32 Å². The molecule has 6 nitrogen and oxygen atoms in total. The van der Waals surface area contributed by atoms with E-state index >= 15 is 0 Å². The van der Waals surface area contributed by atoms with Crippen LogP contribution in [-0.4, -0.2) is 19.7 Å². The number of nitrogens with zero attached hydrogens (tertiary/aromatic N) is 3. The number of aromatic nitrogens is 4. The lowest BCUT2D eigenvalue weighted by molar-refractivity contribution is -0.141. The molecule has 28 heavy (non-hydrogen) atoms. The Morgan fingerprint density at radius 3 is 2.50 bits per heavy atom. The predicted octanol–water partition coefficient (Wildman–Crippen LogP) is 3.46. The molecule has 0 bridgehead atoms. The summed E-state index contributed by atoms with van der Waals surface area (Å²) in [6.07, 6.45) is -4.20. The van der Waals surface area contributed by atoms with E-state index in [-0.39, 0.29) is 18.5 Å². The third-order valence-electron chi connectivity index (χ3n) is 4.23. The van der Waals surface area contributed by atoms with Crippen molar-refractivity contribution in [3.8, 4) is 0 Å². The fraction of sp³-hybridized carbons (Fsp3) is 0.316. The average Bonchev–Trinajstić information content (AvgIpc) is 3.00. The Bertz CT molecular complexity index is 1010. The number of anilines is 1. The maximum absolute atomic E-state index is 12.8. The van der Waals surface area contributed by atoms with E-state index in [1.165, 1.54) is 10.7 Å². The Morgan fingerprint density at radius 2 is 1.86 bits per heavy atom. The van der Waals surface area contributed by atoms with Gasteiger partial charge in [0, 0.05) is 31.3 Å². The zero-order valence-electron chi connectivity index (χ0n) is 15.5. The normalized spacial score (nSPS) is 11.6. The summed E-state index contributed by atoms with van der Waals surface area (Å²) in [5.74, 6) is 0.316. The Morgan fingerprint density at radius 1 is 1.14 bits per heavy atom. The smallest absolute Gasteiger partial charge is 0.352 e. The van der Waals surface area contributed by atoms with Gasteiger partial charge in [-0.15, -0.1) is 0 Å². The molecule has 0 atom stereocenters. The molecule has 2 heterocycles. The maximum atomic E-state index is 12.8. The minimum Gasteiger partial charge on any atom is -0.352 e. The SMILES string of the molecule is Cc1ccc(CNc2nc(CCn3nc(C(F)(F)F)cc3C)cc(=O)[nH]2)cc1. The van der Waals surface area contributed by atoms with Crippen molar-refractivity contribution in [3.63, 3.8) is 0 Å². The zero-order chi connectivity index (χ0) is 20.3. The van der Waals surface area contributed by atoms with Crippen LogP contribution in [0.3, 0.4) is 0 Å². The van der Waals surface area contributed by atoms with E-state index in [9.17, 15) is 18.0 Å². The molecule has 2 aromatic heterocycles. The van der Waals surface area contributed by atoms with Gasteiger partial charge in [-0.3, -0.25) is 14.5 Å². The second kappa shape index (κ2) is 7.87. The first-order chi connectivity index (χ1) is 13.2. The monoisotopic (exact) mass is 391 g/mol. The number of rotatable bonds is 6. The molecule has 0 amide bonds. The van der Waals surface area contributed by atoms with Crippen LogP contribution in [0.25, 0.3) is 0 Å². The van der Waals surface area contributed by atoms with Crippen molar-refractivity contribution in [1.29, 1.82) is 0 Å². The first-order valence-electron chi connectivity index (χ1n) is 8.72. The molecular formula is C19H20F3N5O. The molecule has 0 fully saturated rings. The molecule has 0 aliphatic heterocycles. The average molecular weight is 391 g/mol. The highest BCUT2D eigenvalue weighted by atomic mass is 19.4. The standard InChI is InChI=1S/C19H20F3N5O/c1-12-3-5-14(6-4-12)11-23-18-24-15(10-17(28)25-18)7-8-27-13(2)9-16(26-27)19(20,21)22/h3-6,9-10H,7-8,11H2,1-2H3,(H2,23,24,25,28). The highest BCUT2D eigenvalue weighted by molar-refractivity contribution is 5.29. The van der Waals surface area contributed by atoms with E-state index in [0.29, 0.717) is 23.9 Å². The van der Waals surface area contributed by atoms with E-state index in [0.717, 1.165) is 17.2 Å². The zero-order valence-corrected chi connectivity index (χ0v) is 15.5. The number of benzene rings is 1. The summed E-state index contributed by atoms with van der Waals surface area (Å²) in [5, 5.41) is 6.64. The summed E-state index contributed by atoms with van der Waals surface area (Å²) >= 11 is 0. The molecule has 2 N–H and O–H groups in total. The largest absolute Gasteiger partial charge is 0.435 e. The van der Waals surface area contributed by atoms with Gasteiger partial charge in [-0.2, -0.15) is 18.3 Å². The van der Waals surface area contributed by atoms with Crippen molar-refractivity contribution in [2.24, 2.45) is 0 Å². The number of aromatic amines is 1. The molecular weight excluding hydrogens is 371 g/mol. The number of aryl methyl sites for hydroxylation is 4. The lowest BCUT2D eigenvalue weighted by Crippen LogP contribution is -2.16. The van der Waals surface area contributed by atoms with Crippen LogP contribution in [0.5, 0.6) is 0 Å². The molecule has 1 aromatic carbocycles. The van der Waals surface area contributed by atoms with Gasteiger partial charge in [0.25, 0.3) is 5.56 Å². The van der Waals surface area contributed by atoms with Crippen molar-refractivity contribution in [2.45, 2.75) is 39.5 Å². The lowest BCUT2D eigenvalue weighted by atomic mass is 10.1. The summed E-state index contributed by atoms with van der Waals surface area (Å²) in [6, 6.07) is 10.3. The van der Waals surface area contributed by atoms with Crippen LogP contribution >= 0.6 is 0 Å². The highest BCUT2D eigenvalue weighted by Crippen LogP contribution is 2.28. The molecule has 3 rings (SSSR count). The Labute approximate surface area is 159 Å². The van der Waals surface area contributed by atoms with Crippen molar-refractivity contribution in [3.05, 3.63) is 75.0 Å². The van der Waals surface area contributed by atoms with E-state index < -0.39 is 11.9 Å². The van der Waals surface area contributed by atoms with Gasteiger partial charge in [0.1, 0.15) is 0 Å². The topological polar surface area (TPSA) is 75.6 Å². The molecule has 0 aliphatic carbocycles. The summed E-state index contributed by atoms with van der Waals surface area (Å²) in [6.45, 7) is 4.23. The molecule has 0 saturated heterocycles. The van der Waals surface area contributed by atoms with Crippen molar-refractivity contribution >= 4 is 5.95 Å². The molecule has 148 valence electrons. The van der Waals surface area contributed by atoms with Crippen LogP contribution in [0.1, 0.15) is 28.2 Å². The molecule has 9 heteroatoms. The number of hydrogen-bond acceptors (Lipinski definition) is 4. The third-order valence-corrected chi connectivity index (χ3v) is 4.23. The van der Waals surface area contributed by atoms with Crippen LogP contribution in [-0.2, 0) is 25.7 Å². The number of hydrogen-bond donors (Lipinski definition) is 2. The van der Waals surface area contributed by atoms with Gasteiger partial charge in [0.05, 0.1) is 5.69 Å². The second-order valence-corrected chi connectivity index (χ2v) is 6.57. The predicted molar refractivity (Wildman–Crippen MR) is 99.0 cm³/mol. The van der Waals surface area contributed by atoms with E-state index in [1.54, 1.807) is 6.92 Å². The van der Waals surface area contributed by atoms with E-state index in [4.69, 9.17) is 0 Å². The Hall–Kier alpha value is -3.10. The fourth-order valence-corrected chi connectivity index (χ4v) is 2.71.